The third kappa shape index (κ3) is 2.52. The number of rotatable bonds is 2. The van der Waals surface area contributed by atoms with Crippen LogP contribution in [0.2, 0.25) is 0 Å². The molecule has 6 nitrogen and oxygen atoms in total. The number of nitrogens with one attached hydrogen (secondary N) is 2. The molecule has 1 unspecified atom stereocenters. The van der Waals surface area contributed by atoms with Gasteiger partial charge in [-0.25, -0.2) is 5.01 Å². The van der Waals surface area contributed by atoms with Crippen molar-refractivity contribution in [3.8, 4) is 5.75 Å². The number of carbonyl (C=O) groups excluding carboxylic acids is 2. The molecular formula is C15H17N3O3S. The lowest BCUT2D eigenvalue weighted by Gasteiger charge is -2.37. The molecule has 22 heavy (non-hydrogen) atoms. The molecule has 0 bridgehead atoms. The molecule has 2 amide bonds. The molecule has 2 aliphatic rings. The molecule has 0 aliphatic carbocycles. The fourth-order valence-electron chi connectivity index (χ4n) is 2.55. The Kier molecular flexibility index (Phi) is 3.74. The first-order valence-electron chi connectivity index (χ1n) is 6.96. The van der Waals surface area contributed by atoms with E-state index in [9.17, 15) is 9.59 Å². The summed E-state index contributed by atoms with van der Waals surface area (Å²) >= 11 is 1.41. The van der Waals surface area contributed by atoms with E-state index in [1.807, 2.05) is 25.1 Å². The molecule has 0 saturated carbocycles. The molecule has 0 fully saturated rings. The highest BCUT2D eigenvalue weighted by molar-refractivity contribution is 8.04. The second-order valence-corrected chi connectivity index (χ2v) is 6.35. The Hall–Kier alpha value is -2.15. The highest BCUT2D eigenvalue weighted by Crippen LogP contribution is 2.44. The van der Waals surface area contributed by atoms with Crippen LogP contribution in [-0.4, -0.2) is 30.0 Å². The van der Waals surface area contributed by atoms with Gasteiger partial charge in [-0.05, 0) is 25.1 Å². The van der Waals surface area contributed by atoms with Gasteiger partial charge >= 0.3 is 0 Å². The minimum absolute atomic E-state index is 0.0944. The van der Waals surface area contributed by atoms with Crippen molar-refractivity contribution in [2.45, 2.75) is 31.2 Å². The lowest BCUT2D eigenvalue weighted by molar-refractivity contribution is -0.140. The average molecular weight is 319 g/mol. The topological polar surface area (TPSA) is 70.7 Å². The summed E-state index contributed by atoms with van der Waals surface area (Å²) in [4.78, 5) is 25.5. The van der Waals surface area contributed by atoms with Crippen molar-refractivity contribution in [2.24, 2.45) is 0 Å². The third-order valence-corrected chi connectivity index (χ3v) is 4.77. The number of anilines is 1. The number of hydrazine groups is 1. The molecule has 116 valence electrons. The normalized spacial score (nSPS) is 20.0. The summed E-state index contributed by atoms with van der Waals surface area (Å²) < 4.78 is 5.22. The molecule has 1 atom stereocenters. The minimum atomic E-state index is -0.250. The highest BCUT2D eigenvalue weighted by atomic mass is 32.2. The van der Waals surface area contributed by atoms with Crippen molar-refractivity contribution in [3.63, 3.8) is 0 Å². The number of hydrogen-bond donors (Lipinski definition) is 2. The Labute approximate surface area is 132 Å². The van der Waals surface area contributed by atoms with Gasteiger partial charge in [0.2, 0.25) is 5.91 Å². The summed E-state index contributed by atoms with van der Waals surface area (Å²) in [5.74, 6) is 0.308. The highest BCUT2D eigenvalue weighted by Gasteiger charge is 2.36. The van der Waals surface area contributed by atoms with Gasteiger partial charge in [-0.3, -0.25) is 15.0 Å². The van der Waals surface area contributed by atoms with E-state index in [4.69, 9.17) is 4.74 Å². The zero-order chi connectivity index (χ0) is 15.9. The summed E-state index contributed by atoms with van der Waals surface area (Å²) in [6, 6.07) is 5.63. The number of nitrogens with zero attached hydrogens (tertiary/aromatic N) is 1. The number of thioether (sulfide) groups is 1. The molecule has 2 N–H and O–H groups in total. The zero-order valence-electron chi connectivity index (χ0n) is 12.6. The zero-order valence-corrected chi connectivity index (χ0v) is 13.4. The molecule has 0 spiro atoms. The molecule has 3 rings (SSSR count). The maximum absolute atomic E-state index is 12.6. The van der Waals surface area contributed by atoms with E-state index in [1.165, 1.54) is 23.7 Å². The first-order chi connectivity index (χ1) is 10.5. The largest absolute Gasteiger partial charge is 0.497 e. The Morgan fingerprint density at radius 2 is 2.27 bits per heavy atom. The SMILES string of the molecule is COc1ccc2c(c1)SC1=C(CC(C)N(NC(C)=O)C1=O)N2. The van der Waals surface area contributed by atoms with Crippen LogP contribution in [0.1, 0.15) is 20.3 Å². The Morgan fingerprint density at radius 1 is 1.50 bits per heavy atom. The van der Waals surface area contributed by atoms with Gasteiger partial charge in [0.1, 0.15) is 5.75 Å². The molecule has 0 radical (unpaired) electrons. The summed E-state index contributed by atoms with van der Waals surface area (Å²) in [7, 11) is 1.61. The maximum Gasteiger partial charge on any atom is 0.281 e. The van der Waals surface area contributed by atoms with Crippen LogP contribution < -0.4 is 15.5 Å². The Balaban J connectivity index is 1.92. The number of carbonyl (C=O) groups is 2. The number of amides is 2. The summed E-state index contributed by atoms with van der Waals surface area (Å²) in [6.07, 6.45) is 0.666. The average Bonchev–Trinajstić information content (AvgIpc) is 2.49. The van der Waals surface area contributed by atoms with E-state index >= 15 is 0 Å². The Morgan fingerprint density at radius 3 is 2.95 bits per heavy atom. The monoisotopic (exact) mass is 319 g/mol. The van der Waals surface area contributed by atoms with E-state index < -0.39 is 0 Å². The number of fused-ring (bicyclic) bond motifs is 1. The molecule has 0 aromatic heterocycles. The van der Waals surface area contributed by atoms with E-state index in [-0.39, 0.29) is 17.9 Å². The van der Waals surface area contributed by atoms with Crippen LogP contribution in [0.15, 0.2) is 33.7 Å². The van der Waals surface area contributed by atoms with Crippen LogP contribution in [0, 0.1) is 0 Å². The van der Waals surface area contributed by atoms with Gasteiger partial charge in [-0.2, -0.15) is 0 Å². The van der Waals surface area contributed by atoms with Gasteiger partial charge in [0.25, 0.3) is 5.91 Å². The molecule has 1 aromatic carbocycles. The summed E-state index contributed by atoms with van der Waals surface area (Å²) in [6.45, 7) is 3.31. The standard InChI is InChI=1S/C15H17N3O3S/c1-8-6-12-14(15(20)18(8)17-9(2)19)22-13-7-10(21-3)4-5-11(13)16-12/h4-5,7-8,16H,6H2,1-3H3,(H,17,19). The third-order valence-electron chi connectivity index (χ3n) is 3.59. The lowest BCUT2D eigenvalue weighted by Crippen LogP contribution is -2.53. The van der Waals surface area contributed by atoms with Crippen molar-refractivity contribution in [1.82, 2.24) is 10.4 Å². The van der Waals surface area contributed by atoms with E-state index in [0.29, 0.717) is 11.3 Å². The molecule has 2 aliphatic heterocycles. The number of benzene rings is 1. The fraction of sp³-hybridized carbons (Fsp3) is 0.333. The molecule has 7 heteroatoms. The maximum atomic E-state index is 12.6. The van der Waals surface area contributed by atoms with Gasteiger partial charge in [-0.15, -0.1) is 0 Å². The van der Waals surface area contributed by atoms with Crippen molar-refractivity contribution in [3.05, 3.63) is 28.8 Å². The lowest BCUT2D eigenvalue weighted by atomic mass is 10.1. The molecule has 0 saturated heterocycles. The molecular weight excluding hydrogens is 302 g/mol. The van der Waals surface area contributed by atoms with Crippen LogP contribution in [0.3, 0.4) is 0 Å². The van der Waals surface area contributed by atoms with E-state index in [2.05, 4.69) is 10.7 Å². The van der Waals surface area contributed by atoms with Crippen LogP contribution in [0.4, 0.5) is 5.69 Å². The van der Waals surface area contributed by atoms with Crippen molar-refractivity contribution in [1.29, 1.82) is 0 Å². The summed E-state index contributed by atoms with van der Waals surface area (Å²) in [5, 5.41) is 4.73. The van der Waals surface area contributed by atoms with Crippen LogP contribution >= 0.6 is 11.8 Å². The molecule has 2 heterocycles. The second-order valence-electron chi connectivity index (χ2n) is 5.29. The van der Waals surface area contributed by atoms with Gasteiger partial charge in [0, 0.05) is 23.9 Å². The van der Waals surface area contributed by atoms with Crippen molar-refractivity contribution >= 4 is 29.3 Å². The van der Waals surface area contributed by atoms with Gasteiger partial charge in [0.05, 0.1) is 23.7 Å². The number of hydrogen-bond acceptors (Lipinski definition) is 5. The van der Waals surface area contributed by atoms with Crippen LogP contribution in [0.5, 0.6) is 5.75 Å². The van der Waals surface area contributed by atoms with Gasteiger partial charge in [-0.1, -0.05) is 11.8 Å². The predicted molar refractivity (Wildman–Crippen MR) is 84.2 cm³/mol. The first-order valence-corrected chi connectivity index (χ1v) is 7.78. The van der Waals surface area contributed by atoms with Crippen molar-refractivity contribution in [2.75, 3.05) is 12.4 Å². The van der Waals surface area contributed by atoms with E-state index in [0.717, 1.165) is 22.0 Å². The quantitative estimate of drug-likeness (QED) is 0.873. The van der Waals surface area contributed by atoms with Crippen molar-refractivity contribution < 1.29 is 14.3 Å². The molecule has 1 aromatic rings. The van der Waals surface area contributed by atoms with Crippen LogP contribution in [-0.2, 0) is 9.59 Å². The van der Waals surface area contributed by atoms with Crippen LogP contribution in [0.25, 0.3) is 0 Å². The smallest absolute Gasteiger partial charge is 0.281 e. The summed E-state index contributed by atoms with van der Waals surface area (Å²) in [5.41, 5.74) is 4.48. The Bertz CT molecular complexity index is 687. The first kappa shape index (κ1) is 14.8. The fourth-order valence-corrected chi connectivity index (χ4v) is 3.62. The number of methoxy groups -OCH3 is 1. The minimum Gasteiger partial charge on any atom is -0.497 e. The predicted octanol–water partition coefficient (Wildman–Crippen LogP) is 2.10. The number of ether oxygens (including phenoxy) is 1. The second kappa shape index (κ2) is 5.57. The van der Waals surface area contributed by atoms with E-state index in [1.54, 1.807) is 7.11 Å². The van der Waals surface area contributed by atoms with Gasteiger partial charge in [0.15, 0.2) is 0 Å². The van der Waals surface area contributed by atoms with Gasteiger partial charge < -0.3 is 10.1 Å².